The van der Waals surface area contributed by atoms with Crippen LogP contribution >= 0.6 is 0 Å². The molecule has 0 aromatic heterocycles. The number of ether oxygens (including phenoxy) is 1. The molecule has 0 amide bonds. The van der Waals surface area contributed by atoms with E-state index in [0.29, 0.717) is 0 Å². The van der Waals surface area contributed by atoms with Crippen molar-refractivity contribution >= 4 is 5.96 Å². The summed E-state index contributed by atoms with van der Waals surface area (Å²) in [4.78, 5) is 8.64. The molecule has 0 heterocycles. The molecule has 0 aliphatic rings. The Morgan fingerprint density at radius 2 is 1.61 bits per heavy atom. The first-order valence-electron chi connectivity index (χ1n) is 6.06. The van der Waals surface area contributed by atoms with Crippen LogP contribution in [0, 0.1) is 0 Å². The van der Waals surface area contributed by atoms with Gasteiger partial charge in [-0.2, -0.15) is 0 Å². The van der Waals surface area contributed by atoms with E-state index in [1.54, 1.807) is 7.11 Å². The Labute approximate surface area is 110 Å². The van der Waals surface area contributed by atoms with E-state index in [4.69, 9.17) is 4.74 Å². The van der Waals surface area contributed by atoms with Gasteiger partial charge in [0.25, 0.3) is 0 Å². The Balaban J connectivity index is 2.56. The minimum atomic E-state index is 0.790. The SMILES string of the molecule is COc1ccc(CCN=C(N(C)C)N(C)C)cc1. The maximum Gasteiger partial charge on any atom is 0.195 e. The van der Waals surface area contributed by atoms with E-state index in [2.05, 4.69) is 17.1 Å². The number of aliphatic imine (C=N–C) groups is 1. The van der Waals surface area contributed by atoms with Gasteiger partial charge in [0.2, 0.25) is 0 Å². The fourth-order valence-electron chi connectivity index (χ4n) is 1.76. The van der Waals surface area contributed by atoms with Crippen molar-refractivity contribution in [2.75, 3.05) is 41.8 Å². The van der Waals surface area contributed by atoms with Crippen LogP contribution in [0.15, 0.2) is 29.3 Å². The minimum absolute atomic E-state index is 0.790. The second-order valence-corrected chi connectivity index (χ2v) is 4.57. The van der Waals surface area contributed by atoms with Crippen molar-refractivity contribution in [2.45, 2.75) is 6.42 Å². The predicted molar refractivity (Wildman–Crippen MR) is 76.4 cm³/mol. The van der Waals surface area contributed by atoms with Crippen LogP contribution in [0.3, 0.4) is 0 Å². The molecule has 0 saturated heterocycles. The molecule has 0 aliphatic heterocycles. The second-order valence-electron chi connectivity index (χ2n) is 4.57. The molecule has 4 nitrogen and oxygen atoms in total. The smallest absolute Gasteiger partial charge is 0.195 e. The summed E-state index contributed by atoms with van der Waals surface area (Å²) in [5.74, 6) is 1.88. The van der Waals surface area contributed by atoms with Crippen molar-refractivity contribution in [1.82, 2.24) is 9.80 Å². The number of methoxy groups -OCH3 is 1. The average Bonchev–Trinajstić information content (AvgIpc) is 2.34. The van der Waals surface area contributed by atoms with Gasteiger partial charge in [-0.15, -0.1) is 0 Å². The molecule has 1 rings (SSSR count). The molecule has 100 valence electrons. The number of guanidine groups is 1. The van der Waals surface area contributed by atoms with Crippen molar-refractivity contribution in [3.63, 3.8) is 0 Å². The molecule has 0 aliphatic carbocycles. The topological polar surface area (TPSA) is 28.1 Å². The monoisotopic (exact) mass is 249 g/mol. The Morgan fingerprint density at radius 1 is 1.06 bits per heavy atom. The van der Waals surface area contributed by atoms with Crippen LogP contribution in [-0.4, -0.2) is 57.6 Å². The van der Waals surface area contributed by atoms with Crippen molar-refractivity contribution in [2.24, 2.45) is 4.99 Å². The Kier molecular flexibility index (Phi) is 5.49. The summed E-state index contributed by atoms with van der Waals surface area (Å²) in [5, 5.41) is 0. The van der Waals surface area contributed by atoms with Crippen molar-refractivity contribution < 1.29 is 4.74 Å². The fourth-order valence-corrected chi connectivity index (χ4v) is 1.76. The lowest BCUT2D eigenvalue weighted by Gasteiger charge is -2.22. The van der Waals surface area contributed by atoms with Gasteiger partial charge in [-0.1, -0.05) is 12.1 Å². The van der Waals surface area contributed by atoms with Crippen LogP contribution in [-0.2, 0) is 6.42 Å². The minimum Gasteiger partial charge on any atom is -0.497 e. The van der Waals surface area contributed by atoms with Gasteiger partial charge in [0, 0.05) is 34.7 Å². The molecule has 0 unspecified atom stereocenters. The molecule has 1 aromatic carbocycles. The molecule has 18 heavy (non-hydrogen) atoms. The van der Waals surface area contributed by atoms with Crippen LogP contribution < -0.4 is 4.74 Å². The lowest BCUT2D eigenvalue weighted by molar-refractivity contribution is 0.414. The highest BCUT2D eigenvalue weighted by Gasteiger charge is 2.03. The maximum absolute atomic E-state index is 5.13. The molecule has 0 bridgehead atoms. The van der Waals surface area contributed by atoms with Crippen molar-refractivity contribution in [3.8, 4) is 5.75 Å². The van der Waals surface area contributed by atoms with Crippen molar-refractivity contribution in [3.05, 3.63) is 29.8 Å². The number of benzene rings is 1. The molecule has 0 spiro atoms. The number of rotatable bonds is 4. The summed E-state index contributed by atoms with van der Waals surface area (Å²) in [7, 11) is 9.70. The summed E-state index contributed by atoms with van der Waals surface area (Å²) >= 11 is 0. The van der Waals surface area contributed by atoms with E-state index in [1.165, 1.54) is 5.56 Å². The van der Waals surface area contributed by atoms with E-state index in [9.17, 15) is 0 Å². The van der Waals surface area contributed by atoms with E-state index in [-0.39, 0.29) is 0 Å². The van der Waals surface area contributed by atoms with Gasteiger partial charge in [0.05, 0.1) is 7.11 Å². The first kappa shape index (κ1) is 14.4. The van der Waals surface area contributed by atoms with Gasteiger partial charge in [0.15, 0.2) is 5.96 Å². The Morgan fingerprint density at radius 3 is 2.06 bits per heavy atom. The highest BCUT2D eigenvalue weighted by molar-refractivity contribution is 5.79. The van der Waals surface area contributed by atoms with E-state index in [1.807, 2.05) is 50.1 Å². The van der Waals surface area contributed by atoms with E-state index in [0.717, 1.165) is 24.7 Å². The van der Waals surface area contributed by atoms with Crippen LogP contribution in [0.4, 0.5) is 0 Å². The number of hydrogen-bond donors (Lipinski definition) is 0. The number of nitrogens with zero attached hydrogens (tertiary/aromatic N) is 3. The van der Waals surface area contributed by atoms with E-state index >= 15 is 0 Å². The molecule has 0 saturated carbocycles. The zero-order chi connectivity index (χ0) is 13.5. The predicted octanol–water partition coefficient (Wildman–Crippen LogP) is 1.72. The van der Waals surface area contributed by atoms with Crippen LogP contribution in [0.25, 0.3) is 0 Å². The van der Waals surface area contributed by atoms with Gasteiger partial charge in [0.1, 0.15) is 5.75 Å². The first-order chi connectivity index (χ1) is 8.54. The zero-order valence-electron chi connectivity index (χ0n) is 12.0. The van der Waals surface area contributed by atoms with Gasteiger partial charge < -0.3 is 14.5 Å². The molecule has 0 fully saturated rings. The number of hydrogen-bond acceptors (Lipinski definition) is 2. The summed E-state index contributed by atoms with van der Waals surface area (Å²) in [5.41, 5.74) is 1.27. The summed E-state index contributed by atoms with van der Waals surface area (Å²) in [6.07, 6.45) is 0.940. The third-order valence-corrected chi connectivity index (χ3v) is 2.61. The summed E-state index contributed by atoms with van der Waals surface area (Å²) in [6, 6.07) is 8.13. The molecule has 4 heteroatoms. The third-order valence-electron chi connectivity index (χ3n) is 2.61. The maximum atomic E-state index is 5.13. The molecule has 1 aromatic rings. The lowest BCUT2D eigenvalue weighted by atomic mass is 10.1. The highest BCUT2D eigenvalue weighted by atomic mass is 16.5. The summed E-state index contributed by atoms with van der Waals surface area (Å²) < 4.78 is 5.13. The largest absolute Gasteiger partial charge is 0.497 e. The van der Waals surface area contributed by atoms with Crippen molar-refractivity contribution in [1.29, 1.82) is 0 Å². The normalized spacial score (nSPS) is 9.83. The van der Waals surface area contributed by atoms with Gasteiger partial charge in [-0.05, 0) is 24.1 Å². The standard InChI is InChI=1S/C14H23N3O/c1-16(2)14(17(3)4)15-11-10-12-6-8-13(18-5)9-7-12/h6-9H,10-11H2,1-5H3. The first-order valence-corrected chi connectivity index (χ1v) is 6.06. The molecular weight excluding hydrogens is 226 g/mol. The lowest BCUT2D eigenvalue weighted by Crippen LogP contribution is -2.35. The molecular formula is C14H23N3O. The van der Waals surface area contributed by atoms with Crippen LogP contribution in [0.5, 0.6) is 5.75 Å². The molecule has 0 radical (unpaired) electrons. The fraction of sp³-hybridized carbons (Fsp3) is 0.500. The van der Waals surface area contributed by atoms with E-state index < -0.39 is 0 Å². The molecule has 0 atom stereocenters. The van der Waals surface area contributed by atoms with Gasteiger partial charge >= 0.3 is 0 Å². The second kappa shape index (κ2) is 6.89. The average molecular weight is 249 g/mol. The Bertz CT molecular complexity index is 373. The summed E-state index contributed by atoms with van der Waals surface area (Å²) in [6.45, 7) is 0.790. The van der Waals surface area contributed by atoms with Gasteiger partial charge in [-0.25, -0.2) is 0 Å². The third kappa shape index (κ3) is 4.28. The quantitative estimate of drug-likeness (QED) is 0.601. The highest BCUT2D eigenvalue weighted by Crippen LogP contribution is 2.11. The van der Waals surface area contributed by atoms with Gasteiger partial charge in [-0.3, -0.25) is 4.99 Å². The van der Waals surface area contributed by atoms with Crippen LogP contribution in [0.1, 0.15) is 5.56 Å². The van der Waals surface area contributed by atoms with Crippen LogP contribution in [0.2, 0.25) is 0 Å². The Hall–Kier alpha value is -1.71. The molecule has 0 N–H and O–H groups in total. The zero-order valence-corrected chi connectivity index (χ0v) is 12.0.